The average Bonchev–Trinajstić information content (AvgIpc) is 2.79. The number of carbonyl (C=O) groups excluding carboxylic acids is 1. The summed E-state index contributed by atoms with van der Waals surface area (Å²) < 4.78 is 40.9. The van der Waals surface area contributed by atoms with Gasteiger partial charge in [-0.25, -0.2) is 13.9 Å². The Hall–Kier alpha value is -2.53. The zero-order chi connectivity index (χ0) is 21.5. The Kier molecular flexibility index (Phi) is 7.38. The first kappa shape index (κ1) is 22.2. The van der Waals surface area contributed by atoms with Crippen molar-refractivity contribution in [2.45, 2.75) is 29.1 Å². The smallest absolute Gasteiger partial charge is 0.265 e. The molecule has 0 atom stereocenters. The molecule has 10 heteroatoms. The van der Waals surface area contributed by atoms with Crippen LogP contribution in [0.15, 0.2) is 53.7 Å². The Morgan fingerprint density at radius 2 is 1.77 bits per heavy atom. The van der Waals surface area contributed by atoms with Gasteiger partial charge in [-0.05, 0) is 54.8 Å². The Labute approximate surface area is 174 Å². The summed E-state index contributed by atoms with van der Waals surface area (Å²) >= 11 is 0. The molecule has 0 spiro atoms. The zero-order valence-electron chi connectivity index (χ0n) is 16.3. The fourth-order valence-corrected chi connectivity index (χ4v) is 5.19. The molecule has 162 valence electrons. The average molecular weight is 436 g/mol. The summed E-state index contributed by atoms with van der Waals surface area (Å²) in [4.78, 5) is 16.2. The molecule has 0 unspecified atom stereocenters. The molecule has 0 radical (unpaired) electrons. The van der Waals surface area contributed by atoms with Crippen molar-refractivity contribution in [1.29, 1.82) is 0 Å². The van der Waals surface area contributed by atoms with Crippen molar-refractivity contribution in [2.75, 3.05) is 26.4 Å². The third-order valence-electron chi connectivity index (χ3n) is 4.98. The lowest BCUT2D eigenvalue weighted by Crippen LogP contribution is -2.54. The molecule has 3 rings (SSSR count). The molecule has 1 saturated heterocycles. The van der Waals surface area contributed by atoms with Crippen LogP contribution in [0.1, 0.15) is 18.4 Å². The van der Waals surface area contributed by atoms with Gasteiger partial charge in [-0.15, -0.1) is 0 Å². The molecular formula is C20H24N2O7S. The zero-order valence-corrected chi connectivity index (χ0v) is 17.1. The van der Waals surface area contributed by atoms with E-state index in [1.807, 2.05) is 12.1 Å². The number of sulfone groups is 1. The lowest BCUT2D eigenvalue weighted by atomic mass is 9.98. The van der Waals surface area contributed by atoms with Gasteiger partial charge in [0.05, 0.1) is 18.1 Å². The van der Waals surface area contributed by atoms with Gasteiger partial charge in [0.15, 0.2) is 14.6 Å². The fraction of sp³-hybridized carbons (Fsp3) is 0.400. The molecule has 1 fully saturated rings. The Morgan fingerprint density at radius 3 is 2.40 bits per heavy atom. The number of nitrogens with zero attached hydrogens (tertiary/aromatic N) is 1. The number of hydroxylamine groups is 1. The van der Waals surface area contributed by atoms with Crippen molar-refractivity contribution in [3.05, 3.63) is 54.4 Å². The molecule has 9 nitrogen and oxygen atoms in total. The van der Waals surface area contributed by atoms with Crippen LogP contribution in [-0.2, 0) is 30.7 Å². The molecule has 0 saturated carbocycles. The topological polar surface area (TPSA) is 124 Å². The van der Waals surface area contributed by atoms with Gasteiger partial charge in [-0.2, -0.15) is 0 Å². The second kappa shape index (κ2) is 9.98. The summed E-state index contributed by atoms with van der Waals surface area (Å²) in [5.41, 5.74) is 2.51. The van der Waals surface area contributed by atoms with Gasteiger partial charge in [-0.1, -0.05) is 0 Å². The van der Waals surface area contributed by atoms with Crippen LogP contribution in [-0.4, -0.2) is 55.7 Å². The van der Waals surface area contributed by atoms with Crippen LogP contribution < -0.4 is 10.2 Å². The van der Waals surface area contributed by atoms with Gasteiger partial charge < -0.3 is 14.2 Å². The van der Waals surface area contributed by atoms with Gasteiger partial charge in [0.25, 0.3) is 5.91 Å². The molecule has 1 aromatic carbocycles. The predicted octanol–water partition coefficient (Wildman–Crippen LogP) is 1.51. The van der Waals surface area contributed by atoms with Crippen LogP contribution in [0, 0.1) is 0 Å². The number of nitrogens with one attached hydrogen (secondary N) is 1. The summed E-state index contributed by atoms with van der Waals surface area (Å²) in [6.45, 7) is 1.34. The second-order valence-electron chi connectivity index (χ2n) is 6.78. The summed E-state index contributed by atoms with van der Waals surface area (Å²) in [5.74, 6) is -0.466. The number of amides is 1. The van der Waals surface area contributed by atoms with Gasteiger partial charge in [-0.3, -0.25) is 15.0 Å². The first-order valence-electron chi connectivity index (χ1n) is 9.46. The highest BCUT2D eigenvalue weighted by molar-refractivity contribution is 7.93. The molecule has 30 heavy (non-hydrogen) atoms. The number of carbonyl (C=O) groups is 1. The highest BCUT2D eigenvalue weighted by Crippen LogP contribution is 2.35. The van der Waals surface area contributed by atoms with Gasteiger partial charge in [0, 0.05) is 25.6 Å². The van der Waals surface area contributed by atoms with Crippen molar-refractivity contribution in [1.82, 2.24) is 10.5 Å². The lowest BCUT2D eigenvalue weighted by Gasteiger charge is -2.34. The van der Waals surface area contributed by atoms with Crippen molar-refractivity contribution >= 4 is 15.7 Å². The first-order chi connectivity index (χ1) is 14.5. The lowest BCUT2D eigenvalue weighted by molar-refractivity contribution is -0.134. The third-order valence-corrected chi connectivity index (χ3v) is 7.49. The summed E-state index contributed by atoms with van der Waals surface area (Å²) in [7, 11) is -4.05. The van der Waals surface area contributed by atoms with Crippen molar-refractivity contribution in [3.8, 4) is 5.75 Å². The highest BCUT2D eigenvalue weighted by atomic mass is 32.2. The number of rotatable bonds is 9. The van der Waals surface area contributed by atoms with Crippen molar-refractivity contribution in [3.63, 3.8) is 0 Å². The molecule has 2 heterocycles. The maximum atomic E-state index is 13.2. The van der Waals surface area contributed by atoms with E-state index in [1.165, 1.54) is 29.7 Å². The SMILES string of the molecule is O=C(NO)C1(S(=O)(=O)c2ccc(OCCOCc3ccncc3)cc2)CCOCC1. The fourth-order valence-electron chi connectivity index (χ4n) is 3.25. The molecular weight excluding hydrogens is 412 g/mol. The first-order valence-corrected chi connectivity index (χ1v) is 10.9. The molecule has 1 amide bonds. The third kappa shape index (κ3) is 4.78. The molecule has 2 aromatic rings. The molecule has 0 aliphatic carbocycles. The van der Waals surface area contributed by atoms with E-state index >= 15 is 0 Å². The van der Waals surface area contributed by atoms with Crippen molar-refractivity contribution < 1.29 is 32.6 Å². The summed E-state index contributed by atoms with van der Waals surface area (Å²) in [6.07, 6.45) is 3.32. The number of pyridine rings is 1. The summed E-state index contributed by atoms with van der Waals surface area (Å²) in [5, 5.41) is 9.08. The van der Waals surface area contributed by atoms with Crippen LogP contribution in [0.3, 0.4) is 0 Å². The molecule has 0 bridgehead atoms. The van der Waals surface area contributed by atoms with Crippen LogP contribution in [0.4, 0.5) is 0 Å². The number of benzene rings is 1. The minimum Gasteiger partial charge on any atom is -0.491 e. The van der Waals surface area contributed by atoms with Crippen LogP contribution >= 0.6 is 0 Å². The summed E-state index contributed by atoms with van der Waals surface area (Å²) in [6, 6.07) is 9.57. The monoisotopic (exact) mass is 436 g/mol. The number of ether oxygens (including phenoxy) is 3. The molecule has 1 aliphatic rings. The van der Waals surface area contributed by atoms with Gasteiger partial charge in [0.1, 0.15) is 12.4 Å². The van der Waals surface area contributed by atoms with E-state index in [2.05, 4.69) is 4.98 Å². The maximum absolute atomic E-state index is 13.2. The largest absolute Gasteiger partial charge is 0.491 e. The minimum absolute atomic E-state index is 0.0192. The van der Waals surface area contributed by atoms with E-state index in [0.29, 0.717) is 25.6 Å². The van der Waals surface area contributed by atoms with Crippen molar-refractivity contribution in [2.24, 2.45) is 0 Å². The van der Waals surface area contributed by atoms with E-state index < -0.39 is 20.5 Å². The molecule has 1 aliphatic heterocycles. The maximum Gasteiger partial charge on any atom is 0.265 e. The Morgan fingerprint density at radius 1 is 1.10 bits per heavy atom. The predicted molar refractivity (Wildman–Crippen MR) is 106 cm³/mol. The van der Waals surface area contributed by atoms with Crippen LogP contribution in [0.2, 0.25) is 0 Å². The number of hydrogen-bond donors (Lipinski definition) is 2. The number of aromatic nitrogens is 1. The standard InChI is InChI=1S/C20H24N2O7S/c23-19(22-24)20(7-11-27-12-8-20)30(25,26)18-3-1-17(2-4-18)29-14-13-28-15-16-5-9-21-10-6-16/h1-6,9-10,24H,7-8,11-15H2,(H,22,23). The minimum atomic E-state index is -4.05. The van der Waals surface area contributed by atoms with E-state index in [-0.39, 0.29) is 31.0 Å². The van der Waals surface area contributed by atoms with E-state index in [0.717, 1.165) is 5.56 Å². The normalized spacial score (nSPS) is 16.0. The Balaban J connectivity index is 1.59. The Bertz CT molecular complexity index is 927. The van der Waals surface area contributed by atoms with E-state index in [9.17, 15) is 13.2 Å². The van der Waals surface area contributed by atoms with E-state index in [1.54, 1.807) is 12.4 Å². The van der Waals surface area contributed by atoms with Crippen LogP contribution in [0.5, 0.6) is 5.75 Å². The van der Waals surface area contributed by atoms with Gasteiger partial charge >= 0.3 is 0 Å². The quantitative estimate of drug-likeness (QED) is 0.344. The van der Waals surface area contributed by atoms with E-state index in [4.69, 9.17) is 19.4 Å². The number of hydrogen-bond acceptors (Lipinski definition) is 8. The molecule has 2 N–H and O–H groups in total. The highest BCUT2D eigenvalue weighted by Gasteiger charge is 2.52. The second-order valence-corrected chi connectivity index (χ2v) is 9.04. The van der Waals surface area contributed by atoms with Gasteiger partial charge in [0.2, 0.25) is 0 Å². The molecule has 1 aromatic heterocycles. The van der Waals surface area contributed by atoms with Crippen LogP contribution in [0.25, 0.3) is 0 Å².